The monoisotopic (exact) mass is 409 g/mol. The number of nitrogens with one attached hydrogen (secondary N) is 1. The number of aromatic amines is 1. The van der Waals surface area contributed by atoms with Crippen LogP contribution in [0.3, 0.4) is 0 Å². The maximum atomic E-state index is 13.1. The van der Waals surface area contributed by atoms with E-state index in [1.54, 1.807) is 38.8 Å². The molecule has 2 saturated heterocycles. The van der Waals surface area contributed by atoms with Crippen LogP contribution >= 0.6 is 0 Å². The molecule has 0 aliphatic carbocycles. The summed E-state index contributed by atoms with van der Waals surface area (Å²) in [6.07, 6.45) is 0.309. The van der Waals surface area contributed by atoms with E-state index in [1.165, 1.54) is 0 Å². The summed E-state index contributed by atoms with van der Waals surface area (Å²) < 4.78 is 22.9. The van der Waals surface area contributed by atoms with E-state index in [2.05, 4.69) is 4.98 Å². The summed E-state index contributed by atoms with van der Waals surface area (Å²) in [5.74, 6) is -1.34. The molecule has 3 N–H and O–H groups in total. The molecule has 29 heavy (non-hydrogen) atoms. The molecule has 2 aliphatic rings. The Bertz CT molecular complexity index is 797. The number of H-pyrrole nitrogens is 1. The molecule has 0 bridgehead atoms. The quantitative estimate of drug-likeness (QED) is 0.737. The summed E-state index contributed by atoms with van der Waals surface area (Å²) >= 11 is 0. The Morgan fingerprint density at radius 1 is 1.28 bits per heavy atom. The van der Waals surface area contributed by atoms with Crippen LogP contribution in [0.2, 0.25) is 0 Å². The van der Waals surface area contributed by atoms with Crippen molar-refractivity contribution in [2.75, 3.05) is 12.3 Å². The SMILES string of the molecule is CCOC(=O)c1[nH]cc([C@H]2[C@@H]3OC(C)(C)O[C@@H]3[C@@H](C)N2C(=O)OC(C)(C)C)c1N. The second-order valence-corrected chi connectivity index (χ2v) is 8.89. The first kappa shape index (κ1) is 21.4. The lowest BCUT2D eigenvalue weighted by molar-refractivity contribution is -0.166. The van der Waals surface area contributed by atoms with Crippen LogP contribution in [0.25, 0.3) is 0 Å². The van der Waals surface area contributed by atoms with Crippen molar-refractivity contribution in [1.29, 1.82) is 0 Å². The zero-order valence-corrected chi connectivity index (χ0v) is 18.1. The number of nitrogens with zero attached hydrogens (tertiary/aromatic N) is 1. The van der Waals surface area contributed by atoms with Gasteiger partial charge < -0.3 is 29.7 Å². The van der Waals surface area contributed by atoms with Crippen molar-refractivity contribution in [2.45, 2.75) is 84.1 Å². The molecule has 2 aliphatic heterocycles. The van der Waals surface area contributed by atoms with E-state index in [-0.39, 0.29) is 30.1 Å². The van der Waals surface area contributed by atoms with Gasteiger partial charge in [0.2, 0.25) is 0 Å². The zero-order chi connectivity index (χ0) is 21.7. The maximum Gasteiger partial charge on any atom is 0.411 e. The van der Waals surface area contributed by atoms with Gasteiger partial charge in [0.25, 0.3) is 0 Å². The van der Waals surface area contributed by atoms with Crippen LogP contribution in [0.4, 0.5) is 10.5 Å². The van der Waals surface area contributed by atoms with Crippen molar-refractivity contribution in [3.8, 4) is 0 Å². The lowest BCUT2D eigenvalue weighted by Crippen LogP contribution is -2.44. The van der Waals surface area contributed by atoms with E-state index in [0.29, 0.717) is 5.56 Å². The minimum absolute atomic E-state index is 0.153. The van der Waals surface area contributed by atoms with E-state index in [9.17, 15) is 9.59 Å². The first-order valence-corrected chi connectivity index (χ1v) is 9.87. The van der Waals surface area contributed by atoms with Crippen LogP contribution in [-0.2, 0) is 18.9 Å². The number of hydrogen-bond donors (Lipinski definition) is 2. The number of amides is 1. The number of carbonyl (C=O) groups excluding carboxylic acids is 2. The highest BCUT2D eigenvalue weighted by atomic mass is 16.8. The Labute approximate surface area is 170 Å². The van der Waals surface area contributed by atoms with Crippen LogP contribution in [-0.4, -0.2) is 58.2 Å². The van der Waals surface area contributed by atoms with Crippen LogP contribution in [0.5, 0.6) is 0 Å². The molecular weight excluding hydrogens is 378 g/mol. The average Bonchev–Trinajstić information content (AvgIpc) is 3.17. The molecule has 0 radical (unpaired) electrons. The number of fused-ring (bicyclic) bond motifs is 1. The number of anilines is 1. The Morgan fingerprint density at radius 3 is 2.48 bits per heavy atom. The Kier molecular flexibility index (Phi) is 5.33. The first-order chi connectivity index (χ1) is 13.4. The number of aromatic nitrogens is 1. The molecule has 4 atom stereocenters. The van der Waals surface area contributed by atoms with Crippen LogP contribution in [0.1, 0.15) is 70.6 Å². The van der Waals surface area contributed by atoms with Gasteiger partial charge in [0.05, 0.1) is 24.4 Å². The fourth-order valence-corrected chi connectivity index (χ4v) is 3.99. The molecule has 9 nitrogen and oxygen atoms in total. The van der Waals surface area contributed by atoms with Gasteiger partial charge in [0, 0.05) is 11.8 Å². The summed E-state index contributed by atoms with van der Waals surface area (Å²) in [6.45, 7) is 12.9. The Balaban J connectivity index is 2.02. The van der Waals surface area contributed by atoms with Crippen molar-refractivity contribution in [1.82, 2.24) is 9.88 Å². The van der Waals surface area contributed by atoms with Crippen molar-refractivity contribution in [2.24, 2.45) is 0 Å². The number of carbonyl (C=O) groups is 2. The normalized spacial score (nSPS) is 28.3. The smallest absolute Gasteiger partial charge is 0.411 e. The number of esters is 1. The first-order valence-electron chi connectivity index (χ1n) is 9.87. The second-order valence-electron chi connectivity index (χ2n) is 8.89. The van der Waals surface area contributed by atoms with Gasteiger partial charge in [-0.3, -0.25) is 4.90 Å². The molecule has 3 rings (SSSR count). The lowest BCUT2D eigenvalue weighted by Gasteiger charge is -2.34. The maximum absolute atomic E-state index is 13.1. The Hall–Kier alpha value is -2.26. The highest BCUT2D eigenvalue weighted by molar-refractivity contribution is 5.94. The van der Waals surface area contributed by atoms with E-state index in [1.807, 2.05) is 20.8 Å². The van der Waals surface area contributed by atoms with Crippen LogP contribution in [0, 0.1) is 0 Å². The molecule has 3 heterocycles. The summed E-state index contributed by atoms with van der Waals surface area (Å²) in [6, 6.07) is -0.895. The number of likely N-dealkylation sites (tertiary alicyclic amines) is 1. The molecule has 162 valence electrons. The molecule has 9 heteroatoms. The van der Waals surface area contributed by atoms with Crippen LogP contribution < -0.4 is 5.73 Å². The highest BCUT2D eigenvalue weighted by Gasteiger charge is 2.59. The predicted molar refractivity (Wildman–Crippen MR) is 105 cm³/mol. The number of rotatable bonds is 3. The van der Waals surface area contributed by atoms with E-state index < -0.39 is 35.6 Å². The fourth-order valence-electron chi connectivity index (χ4n) is 3.99. The fraction of sp³-hybridized carbons (Fsp3) is 0.700. The number of nitrogen functional groups attached to an aromatic ring is 1. The van der Waals surface area contributed by atoms with Gasteiger partial charge in [-0.1, -0.05) is 0 Å². The standard InChI is InChI=1S/C20H31N3O6/c1-8-26-17(24)13-12(21)11(9-22-13)14-16-15(27-20(6,7)28-16)10(2)23(14)18(25)29-19(3,4)5/h9-10,14-16,22H,8,21H2,1-7H3/t10-,14+,15-,16+/m1/s1. The Morgan fingerprint density at radius 2 is 1.90 bits per heavy atom. The van der Waals surface area contributed by atoms with Gasteiger partial charge in [-0.25, -0.2) is 9.59 Å². The van der Waals surface area contributed by atoms with Gasteiger partial charge in [0.15, 0.2) is 5.79 Å². The van der Waals surface area contributed by atoms with Gasteiger partial charge in [-0.2, -0.15) is 0 Å². The summed E-state index contributed by atoms with van der Waals surface area (Å²) in [4.78, 5) is 29.7. The van der Waals surface area contributed by atoms with Gasteiger partial charge in [-0.05, 0) is 48.5 Å². The van der Waals surface area contributed by atoms with Crippen LogP contribution in [0.15, 0.2) is 6.20 Å². The molecule has 2 fully saturated rings. The average molecular weight is 409 g/mol. The molecule has 0 unspecified atom stereocenters. The number of nitrogens with two attached hydrogens (primary N) is 1. The predicted octanol–water partition coefficient (Wildman–Crippen LogP) is 2.97. The second kappa shape index (κ2) is 7.21. The lowest BCUT2D eigenvalue weighted by atomic mass is 10.0. The molecule has 1 amide bonds. The summed E-state index contributed by atoms with van der Waals surface area (Å²) in [5.41, 5.74) is 6.57. The topological polar surface area (TPSA) is 116 Å². The molecule has 0 spiro atoms. The zero-order valence-electron chi connectivity index (χ0n) is 18.1. The molecular formula is C20H31N3O6. The third-order valence-electron chi connectivity index (χ3n) is 5.04. The van der Waals surface area contributed by atoms with E-state index in [0.717, 1.165) is 0 Å². The third kappa shape index (κ3) is 3.93. The highest BCUT2D eigenvalue weighted by Crippen LogP contribution is 2.49. The van der Waals surface area contributed by atoms with Crippen molar-refractivity contribution in [3.05, 3.63) is 17.5 Å². The van der Waals surface area contributed by atoms with Gasteiger partial charge >= 0.3 is 12.1 Å². The minimum Gasteiger partial charge on any atom is -0.461 e. The molecule has 0 saturated carbocycles. The van der Waals surface area contributed by atoms with Crippen molar-refractivity contribution >= 4 is 17.7 Å². The molecule has 1 aromatic rings. The van der Waals surface area contributed by atoms with Gasteiger partial charge in [-0.15, -0.1) is 0 Å². The van der Waals surface area contributed by atoms with E-state index in [4.69, 9.17) is 24.7 Å². The number of ether oxygens (including phenoxy) is 4. The van der Waals surface area contributed by atoms with Crippen molar-refractivity contribution in [3.63, 3.8) is 0 Å². The molecule has 1 aromatic heterocycles. The van der Waals surface area contributed by atoms with Gasteiger partial charge in [0.1, 0.15) is 23.5 Å². The molecule has 0 aromatic carbocycles. The minimum atomic E-state index is -0.795. The summed E-state index contributed by atoms with van der Waals surface area (Å²) in [7, 11) is 0. The number of hydrogen-bond acceptors (Lipinski definition) is 7. The van der Waals surface area contributed by atoms with E-state index >= 15 is 0 Å². The third-order valence-corrected chi connectivity index (χ3v) is 5.04. The largest absolute Gasteiger partial charge is 0.461 e. The summed E-state index contributed by atoms with van der Waals surface area (Å²) in [5, 5.41) is 0. The van der Waals surface area contributed by atoms with Crippen molar-refractivity contribution < 1.29 is 28.5 Å².